The van der Waals surface area contributed by atoms with Crippen LogP contribution in [0.25, 0.3) is 11.0 Å². The van der Waals surface area contributed by atoms with Gasteiger partial charge >= 0.3 is 5.63 Å². The molecule has 2 aromatic rings. The summed E-state index contributed by atoms with van der Waals surface area (Å²) in [7, 11) is 0. The number of aryl methyl sites for hydroxylation is 2. The van der Waals surface area contributed by atoms with Crippen LogP contribution < -0.4 is 10.4 Å². The Bertz CT molecular complexity index is 812. The Hall–Kier alpha value is -1.77. The summed E-state index contributed by atoms with van der Waals surface area (Å²) in [5.74, 6) is 0.961. The standard InChI is InChI=1S/C18H20O3/c1-10-9-14-15(12-5-4-6-13(12)17(19)20-14)16-11(10)7-8-18(2,3)21-16/h9H,4-8H2,1-3H3. The van der Waals surface area contributed by atoms with Gasteiger partial charge in [0.05, 0.1) is 5.39 Å². The highest BCUT2D eigenvalue weighted by atomic mass is 16.5. The molecule has 1 aromatic heterocycles. The zero-order valence-electron chi connectivity index (χ0n) is 12.8. The van der Waals surface area contributed by atoms with Crippen molar-refractivity contribution in [3.63, 3.8) is 0 Å². The largest absolute Gasteiger partial charge is 0.487 e. The van der Waals surface area contributed by atoms with E-state index in [1.165, 1.54) is 5.56 Å². The molecule has 0 radical (unpaired) electrons. The molecular weight excluding hydrogens is 264 g/mol. The van der Waals surface area contributed by atoms with Gasteiger partial charge in [-0.15, -0.1) is 0 Å². The fourth-order valence-corrected chi connectivity index (χ4v) is 3.75. The lowest BCUT2D eigenvalue weighted by atomic mass is 9.89. The fraction of sp³-hybridized carbons (Fsp3) is 0.500. The Labute approximate surface area is 123 Å². The molecule has 2 heterocycles. The zero-order valence-corrected chi connectivity index (χ0v) is 12.8. The monoisotopic (exact) mass is 284 g/mol. The molecule has 0 spiro atoms. The Kier molecular flexibility index (Phi) is 2.54. The van der Waals surface area contributed by atoms with Crippen LogP contribution >= 0.6 is 0 Å². The molecule has 3 nitrogen and oxygen atoms in total. The van der Waals surface area contributed by atoms with Gasteiger partial charge in [0.25, 0.3) is 0 Å². The average Bonchev–Trinajstić information content (AvgIpc) is 2.86. The lowest BCUT2D eigenvalue weighted by molar-refractivity contribution is 0.0865. The molecule has 1 aromatic carbocycles. The van der Waals surface area contributed by atoms with E-state index in [4.69, 9.17) is 9.15 Å². The van der Waals surface area contributed by atoms with Gasteiger partial charge in [0, 0.05) is 5.56 Å². The van der Waals surface area contributed by atoms with E-state index < -0.39 is 0 Å². The van der Waals surface area contributed by atoms with Gasteiger partial charge in [0.15, 0.2) is 0 Å². The molecule has 2 aliphatic rings. The highest BCUT2D eigenvalue weighted by molar-refractivity contribution is 5.90. The third kappa shape index (κ3) is 1.83. The van der Waals surface area contributed by atoms with Gasteiger partial charge in [-0.2, -0.15) is 0 Å². The molecule has 21 heavy (non-hydrogen) atoms. The summed E-state index contributed by atoms with van der Waals surface area (Å²) in [6.45, 7) is 6.33. The first kappa shape index (κ1) is 12.9. The molecule has 0 fully saturated rings. The van der Waals surface area contributed by atoms with Crippen LogP contribution in [0.3, 0.4) is 0 Å². The smallest absolute Gasteiger partial charge is 0.339 e. The van der Waals surface area contributed by atoms with Gasteiger partial charge in [0.1, 0.15) is 16.9 Å². The molecule has 1 aliphatic heterocycles. The average molecular weight is 284 g/mol. The maximum absolute atomic E-state index is 12.1. The van der Waals surface area contributed by atoms with Gasteiger partial charge in [0.2, 0.25) is 0 Å². The highest BCUT2D eigenvalue weighted by Crippen LogP contribution is 2.43. The molecule has 0 N–H and O–H groups in total. The molecule has 0 atom stereocenters. The number of hydrogen-bond donors (Lipinski definition) is 0. The van der Waals surface area contributed by atoms with Crippen LogP contribution in [0.5, 0.6) is 5.75 Å². The maximum atomic E-state index is 12.1. The molecule has 3 heteroatoms. The second-order valence-electron chi connectivity index (χ2n) is 6.94. The third-order valence-corrected chi connectivity index (χ3v) is 4.90. The number of hydrogen-bond acceptors (Lipinski definition) is 3. The van der Waals surface area contributed by atoms with Crippen molar-refractivity contribution in [2.24, 2.45) is 0 Å². The van der Waals surface area contributed by atoms with Crippen LogP contribution in [0.1, 0.15) is 48.9 Å². The number of rotatable bonds is 0. The summed E-state index contributed by atoms with van der Waals surface area (Å²) in [4.78, 5) is 12.1. The minimum absolute atomic E-state index is 0.157. The second kappa shape index (κ2) is 4.12. The van der Waals surface area contributed by atoms with E-state index in [0.29, 0.717) is 5.58 Å². The van der Waals surface area contributed by atoms with Crippen molar-refractivity contribution in [2.45, 2.75) is 58.5 Å². The minimum atomic E-state index is -0.163. The second-order valence-corrected chi connectivity index (χ2v) is 6.94. The van der Waals surface area contributed by atoms with Crippen LogP contribution in [0.2, 0.25) is 0 Å². The summed E-state index contributed by atoms with van der Waals surface area (Å²) in [5, 5.41) is 1.05. The highest BCUT2D eigenvalue weighted by Gasteiger charge is 2.32. The van der Waals surface area contributed by atoms with E-state index in [1.54, 1.807) is 0 Å². The van der Waals surface area contributed by atoms with E-state index in [9.17, 15) is 4.79 Å². The predicted octanol–water partition coefficient (Wildman–Crippen LogP) is 3.69. The summed E-state index contributed by atoms with van der Waals surface area (Å²) in [6, 6.07) is 2.01. The van der Waals surface area contributed by atoms with Crippen molar-refractivity contribution in [1.82, 2.24) is 0 Å². The SMILES string of the molecule is Cc1cc2oc(=O)c3c(c2c2c1CCC(C)(C)O2)CCC3. The van der Waals surface area contributed by atoms with Crippen LogP contribution in [0.15, 0.2) is 15.3 Å². The van der Waals surface area contributed by atoms with Crippen molar-refractivity contribution in [3.8, 4) is 5.75 Å². The van der Waals surface area contributed by atoms with Gasteiger partial charge < -0.3 is 9.15 Å². The van der Waals surface area contributed by atoms with Crippen LogP contribution in [-0.2, 0) is 19.3 Å². The third-order valence-electron chi connectivity index (χ3n) is 4.90. The first-order valence-corrected chi connectivity index (χ1v) is 7.76. The van der Waals surface area contributed by atoms with Crippen LogP contribution in [-0.4, -0.2) is 5.60 Å². The van der Waals surface area contributed by atoms with E-state index in [1.807, 2.05) is 6.07 Å². The number of ether oxygens (including phenoxy) is 1. The van der Waals surface area contributed by atoms with E-state index >= 15 is 0 Å². The zero-order chi connectivity index (χ0) is 14.8. The molecular formula is C18H20O3. The van der Waals surface area contributed by atoms with Crippen LogP contribution in [0, 0.1) is 6.92 Å². The summed E-state index contributed by atoms with van der Waals surface area (Å²) < 4.78 is 11.9. The van der Waals surface area contributed by atoms with E-state index in [2.05, 4.69) is 20.8 Å². The van der Waals surface area contributed by atoms with Gasteiger partial charge in [-0.3, -0.25) is 0 Å². The fourth-order valence-electron chi connectivity index (χ4n) is 3.75. The molecule has 0 amide bonds. The van der Waals surface area contributed by atoms with Gasteiger partial charge in [-0.1, -0.05) is 0 Å². The van der Waals surface area contributed by atoms with Gasteiger partial charge in [-0.25, -0.2) is 4.79 Å². The number of fused-ring (bicyclic) bond motifs is 5. The molecule has 0 unspecified atom stereocenters. The summed E-state index contributed by atoms with van der Waals surface area (Å²) in [6.07, 6.45) is 4.87. The molecule has 4 rings (SSSR count). The van der Waals surface area contributed by atoms with Crippen molar-refractivity contribution in [2.75, 3.05) is 0 Å². The van der Waals surface area contributed by atoms with Crippen molar-refractivity contribution < 1.29 is 9.15 Å². The quantitative estimate of drug-likeness (QED) is 0.693. The van der Waals surface area contributed by atoms with Crippen molar-refractivity contribution >= 4 is 11.0 Å². The molecule has 0 bridgehead atoms. The summed E-state index contributed by atoms with van der Waals surface area (Å²) in [5.41, 5.74) is 4.84. The first-order valence-electron chi connectivity index (χ1n) is 7.76. The van der Waals surface area contributed by atoms with E-state index in [0.717, 1.165) is 59.9 Å². The Morgan fingerprint density at radius 2 is 1.86 bits per heavy atom. The Balaban J connectivity index is 2.12. The predicted molar refractivity (Wildman–Crippen MR) is 82.3 cm³/mol. The van der Waals surface area contributed by atoms with Gasteiger partial charge in [-0.05, 0) is 75.6 Å². The number of benzene rings is 1. The molecule has 0 saturated heterocycles. The molecule has 1 aliphatic carbocycles. The normalized spacial score (nSPS) is 19.2. The minimum Gasteiger partial charge on any atom is -0.487 e. The van der Waals surface area contributed by atoms with Crippen molar-refractivity contribution in [3.05, 3.63) is 38.7 Å². The lowest BCUT2D eigenvalue weighted by Crippen LogP contribution is -2.33. The van der Waals surface area contributed by atoms with E-state index in [-0.39, 0.29) is 11.2 Å². The summed E-state index contributed by atoms with van der Waals surface area (Å²) >= 11 is 0. The van der Waals surface area contributed by atoms with Crippen molar-refractivity contribution in [1.29, 1.82) is 0 Å². The topological polar surface area (TPSA) is 39.4 Å². The Morgan fingerprint density at radius 3 is 2.67 bits per heavy atom. The maximum Gasteiger partial charge on any atom is 0.339 e. The van der Waals surface area contributed by atoms with Crippen LogP contribution in [0.4, 0.5) is 0 Å². The molecule has 0 saturated carbocycles. The first-order chi connectivity index (χ1) is 9.96. The Morgan fingerprint density at radius 1 is 1.10 bits per heavy atom. The molecule has 110 valence electrons. The lowest BCUT2D eigenvalue weighted by Gasteiger charge is -2.34.